The molecule has 182 valence electrons. The summed E-state index contributed by atoms with van der Waals surface area (Å²) < 4.78 is 4.98. The van der Waals surface area contributed by atoms with Crippen molar-refractivity contribution in [3.8, 4) is 0 Å². The largest absolute Gasteiger partial charge is 0.307 e. The number of hydrogen-bond donors (Lipinski definition) is 0. The minimum atomic E-state index is 0.109. The lowest BCUT2D eigenvalue weighted by atomic mass is 9.83. The maximum Gasteiger partial charge on any atom is 0.224 e. The molecule has 0 amide bonds. The molecule has 1 aliphatic carbocycles. The Labute approximate surface area is 213 Å². The van der Waals surface area contributed by atoms with E-state index in [0.29, 0.717) is 5.92 Å². The normalized spacial score (nSPS) is 15.9. The van der Waals surface area contributed by atoms with Gasteiger partial charge in [-0.05, 0) is 83.9 Å². The molecule has 1 aliphatic rings. The Morgan fingerprint density at radius 2 is 1.61 bits per heavy atom. The first-order valence-electron chi connectivity index (χ1n) is 13.8. The SMILES string of the molecule is Cc1cc2c3ccc(C(C)(C)C)cc3n3c4cc(C5CCCCC5)cc5cc[n+](C)c(c(c1C)c23)c54. The number of benzene rings is 3. The summed E-state index contributed by atoms with van der Waals surface area (Å²) in [6, 6.07) is 17.0. The van der Waals surface area contributed by atoms with E-state index in [1.807, 2.05) is 0 Å². The number of rotatable bonds is 1. The molecule has 6 aromatic rings. The summed E-state index contributed by atoms with van der Waals surface area (Å²) in [5, 5.41) is 6.95. The second kappa shape index (κ2) is 7.44. The molecule has 0 spiro atoms. The molecule has 2 heteroatoms. The summed E-state index contributed by atoms with van der Waals surface area (Å²) in [4.78, 5) is 0. The van der Waals surface area contributed by atoms with E-state index >= 15 is 0 Å². The van der Waals surface area contributed by atoms with Crippen molar-refractivity contribution in [2.24, 2.45) is 7.05 Å². The molecule has 36 heavy (non-hydrogen) atoms. The molecule has 7 rings (SSSR count). The summed E-state index contributed by atoms with van der Waals surface area (Å²) in [7, 11) is 2.22. The first-order valence-corrected chi connectivity index (χ1v) is 13.8. The van der Waals surface area contributed by atoms with E-state index in [9.17, 15) is 0 Å². The second-order valence-electron chi connectivity index (χ2n) is 12.5. The van der Waals surface area contributed by atoms with Gasteiger partial charge < -0.3 is 4.40 Å². The fraction of sp³-hybridized carbons (Fsp3) is 0.382. The summed E-state index contributed by atoms with van der Waals surface area (Å²) in [5.74, 6) is 0.681. The minimum absolute atomic E-state index is 0.109. The Kier molecular flexibility index (Phi) is 4.57. The Bertz CT molecular complexity index is 1820. The van der Waals surface area contributed by atoms with Crippen molar-refractivity contribution in [3.63, 3.8) is 0 Å². The van der Waals surface area contributed by atoms with Gasteiger partial charge in [0.15, 0.2) is 6.20 Å². The van der Waals surface area contributed by atoms with Crippen LogP contribution in [0, 0.1) is 13.8 Å². The van der Waals surface area contributed by atoms with Gasteiger partial charge in [0.25, 0.3) is 0 Å². The number of nitrogens with zero attached hydrogens (tertiary/aromatic N) is 2. The number of pyridine rings is 2. The van der Waals surface area contributed by atoms with Crippen molar-refractivity contribution < 1.29 is 4.57 Å². The van der Waals surface area contributed by atoms with Crippen LogP contribution in [0.5, 0.6) is 0 Å². The van der Waals surface area contributed by atoms with E-state index in [1.165, 1.54) is 103 Å². The third-order valence-electron chi connectivity index (χ3n) is 9.23. The fourth-order valence-electron chi connectivity index (χ4n) is 7.06. The zero-order valence-corrected chi connectivity index (χ0v) is 22.6. The van der Waals surface area contributed by atoms with Gasteiger partial charge in [-0.1, -0.05) is 58.2 Å². The summed E-state index contributed by atoms with van der Waals surface area (Å²) in [6.45, 7) is 11.6. The summed E-state index contributed by atoms with van der Waals surface area (Å²) >= 11 is 0. The minimum Gasteiger partial charge on any atom is -0.307 e. The van der Waals surface area contributed by atoms with Crippen LogP contribution in [-0.2, 0) is 12.5 Å². The van der Waals surface area contributed by atoms with Crippen LogP contribution in [0.25, 0.3) is 49.0 Å². The number of fused-ring (bicyclic) bond motifs is 5. The lowest BCUT2D eigenvalue weighted by molar-refractivity contribution is -0.643. The predicted octanol–water partition coefficient (Wildman–Crippen LogP) is 8.78. The maximum absolute atomic E-state index is 2.63. The van der Waals surface area contributed by atoms with Crippen LogP contribution in [0.15, 0.2) is 48.7 Å². The highest BCUT2D eigenvalue weighted by Gasteiger charge is 2.27. The van der Waals surface area contributed by atoms with Gasteiger partial charge in [0, 0.05) is 16.8 Å². The van der Waals surface area contributed by atoms with Crippen LogP contribution in [0.4, 0.5) is 0 Å². The summed E-state index contributed by atoms with van der Waals surface area (Å²) in [5.41, 5.74) is 11.3. The molecule has 1 saturated carbocycles. The van der Waals surface area contributed by atoms with E-state index in [-0.39, 0.29) is 5.41 Å². The fourth-order valence-corrected chi connectivity index (χ4v) is 7.06. The summed E-state index contributed by atoms with van der Waals surface area (Å²) in [6.07, 6.45) is 9.03. The van der Waals surface area contributed by atoms with Gasteiger partial charge in [-0.15, -0.1) is 0 Å². The van der Waals surface area contributed by atoms with Gasteiger partial charge in [-0.2, -0.15) is 0 Å². The number of hydrogen-bond acceptors (Lipinski definition) is 0. The molecule has 3 heterocycles. The van der Waals surface area contributed by atoms with Crippen LogP contribution >= 0.6 is 0 Å². The molecule has 3 aromatic heterocycles. The molecular formula is C34H37N2+. The van der Waals surface area contributed by atoms with E-state index in [4.69, 9.17) is 0 Å². The van der Waals surface area contributed by atoms with Crippen LogP contribution in [0.2, 0.25) is 0 Å². The lowest BCUT2D eigenvalue weighted by Crippen LogP contribution is -2.29. The van der Waals surface area contributed by atoms with Gasteiger partial charge >= 0.3 is 0 Å². The lowest BCUT2D eigenvalue weighted by Gasteiger charge is -2.23. The monoisotopic (exact) mass is 473 g/mol. The van der Waals surface area contributed by atoms with Gasteiger partial charge in [-0.3, -0.25) is 0 Å². The van der Waals surface area contributed by atoms with E-state index in [0.717, 1.165) is 0 Å². The van der Waals surface area contributed by atoms with Gasteiger partial charge in [0.2, 0.25) is 5.52 Å². The zero-order valence-electron chi connectivity index (χ0n) is 22.6. The smallest absolute Gasteiger partial charge is 0.224 e. The van der Waals surface area contributed by atoms with Crippen molar-refractivity contribution in [1.82, 2.24) is 4.40 Å². The maximum atomic E-state index is 2.63. The van der Waals surface area contributed by atoms with E-state index in [2.05, 4.69) is 99.3 Å². The average Bonchev–Trinajstić information content (AvgIpc) is 3.19. The molecule has 1 fully saturated rings. The van der Waals surface area contributed by atoms with E-state index in [1.54, 1.807) is 0 Å². The topological polar surface area (TPSA) is 8.29 Å². The average molecular weight is 474 g/mol. The molecular weight excluding hydrogens is 436 g/mol. The first kappa shape index (κ1) is 22.1. The second-order valence-corrected chi connectivity index (χ2v) is 12.5. The van der Waals surface area contributed by atoms with Crippen molar-refractivity contribution >= 4 is 49.0 Å². The van der Waals surface area contributed by atoms with Crippen LogP contribution in [0.3, 0.4) is 0 Å². The molecule has 0 unspecified atom stereocenters. The number of aryl methyl sites for hydroxylation is 3. The molecule has 0 N–H and O–H groups in total. The third-order valence-corrected chi connectivity index (χ3v) is 9.23. The van der Waals surface area contributed by atoms with Crippen molar-refractivity contribution in [2.75, 3.05) is 0 Å². The quantitative estimate of drug-likeness (QED) is 0.128. The van der Waals surface area contributed by atoms with E-state index < -0.39 is 0 Å². The number of aromatic nitrogens is 2. The standard InChI is InChI=1S/C34H37N2/c1-20-16-27-26-13-12-25(34(3,4)5)19-28(26)36-29-18-24(22-10-8-7-9-11-22)17-23-14-15-35(6)33(31(23)29)30(21(20)2)32(27)36/h12-19,22H,7-11H2,1-6H3/q+1. The Hall–Kier alpha value is -3.13. The highest BCUT2D eigenvalue weighted by Crippen LogP contribution is 2.44. The molecule has 0 bridgehead atoms. The zero-order chi connectivity index (χ0) is 24.9. The van der Waals surface area contributed by atoms with Gasteiger partial charge in [0.05, 0.1) is 27.3 Å². The molecule has 0 aliphatic heterocycles. The highest BCUT2D eigenvalue weighted by molar-refractivity contribution is 6.26. The first-order chi connectivity index (χ1) is 17.2. The van der Waals surface area contributed by atoms with Crippen molar-refractivity contribution in [2.45, 2.75) is 78.1 Å². The van der Waals surface area contributed by atoms with Crippen LogP contribution < -0.4 is 4.57 Å². The van der Waals surface area contributed by atoms with Gasteiger partial charge in [-0.25, -0.2) is 4.57 Å². The predicted molar refractivity (Wildman–Crippen MR) is 154 cm³/mol. The van der Waals surface area contributed by atoms with Crippen LogP contribution in [0.1, 0.15) is 81.0 Å². The Morgan fingerprint density at radius 3 is 2.36 bits per heavy atom. The van der Waals surface area contributed by atoms with Crippen molar-refractivity contribution in [1.29, 1.82) is 0 Å². The molecule has 0 saturated heterocycles. The third kappa shape index (κ3) is 2.94. The van der Waals surface area contributed by atoms with Gasteiger partial charge in [0.1, 0.15) is 7.05 Å². The molecule has 0 atom stereocenters. The van der Waals surface area contributed by atoms with Crippen LogP contribution in [-0.4, -0.2) is 4.40 Å². The highest BCUT2D eigenvalue weighted by atomic mass is 15.0. The molecule has 3 aromatic carbocycles. The molecule has 0 radical (unpaired) electrons. The van der Waals surface area contributed by atoms with Crippen molar-refractivity contribution in [3.05, 3.63) is 70.9 Å². The molecule has 2 nitrogen and oxygen atoms in total. The Balaban J connectivity index is 1.77. The Morgan fingerprint density at radius 1 is 0.833 bits per heavy atom.